The lowest BCUT2D eigenvalue weighted by molar-refractivity contribution is -0.896. The molecule has 0 aliphatic carbocycles. The van der Waals surface area contributed by atoms with Gasteiger partial charge in [0.05, 0.1) is 54.4 Å². The normalized spacial score (nSPS) is 19.2. The van der Waals surface area contributed by atoms with Gasteiger partial charge < -0.3 is 8.97 Å². The van der Waals surface area contributed by atoms with Gasteiger partial charge >= 0.3 is 0 Å². The van der Waals surface area contributed by atoms with E-state index in [1.54, 1.807) is 0 Å². The van der Waals surface area contributed by atoms with E-state index in [4.69, 9.17) is 0 Å². The van der Waals surface area contributed by atoms with E-state index in [2.05, 4.69) is 163 Å². The number of likely N-dealkylation sites (tertiary alicyclic amines) is 2. The third-order valence-electron chi connectivity index (χ3n) is 12.7. The van der Waals surface area contributed by atoms with Gasteiger partial charge in [-0.25, -0.2) is 0 Å². The second-order valence-electron chi connectivity index (χ2n) is 17.3. The molecular weight excluding hydrogens is 605 g/mol. The van der Waals surface area contributed by atoms with Crippen molar-refractivity contribution in [2.75, 3.05) is 54.4 Å². The first-order valence-corrected chi connectivity index (χ1v) is 19.0. The Hall–Kier alpha value is -3.98. The molecule has 2 aliphatic rings. The maximum atomic E-state index is 2.47. The fourth-order valence-electron chi connectivity index (χ4n) is 8.53. The summed E-state index contributed by atoms with van der Waals surface area (Å²) in [5, 5.41) is 0. The van der Waals surface area contributed by atoms with Gasteiger partial charge in [-0.15, -0.1) is 0 Å². The van der Waals surface area contributed by atoms with Crippen molar-refractivity contribution < 1.29 is 8.97 Å². The molecule has 2 fully saturated rings. The average Bonchev–Trinajstić information content (AvgIpc) is 3.13. The third kappa shape index (κ3) is 7.39. The van der Waals surface area contributed by atoms with Gasteiger partial charge in [-0.2, -0.15) is 0 Å². The largest absolute Gasteiger partial charge is 0.328 e. The van der Waals surface area contributed by atoms with E-state index in [0.29, 0.717) is 5.41 Å². The molecule has 0 saturated carbocycles. The summed E-state index contributed by atoms with van der Waals surface area (Å²) in [5.41, 5.74) is 14.1. The zero-order valence-electron chi connectivity index (χ0n) is 31.5. The highest BCUT2D eigenvalue weighted by Gasteiger charge is 2.42. The van der Waals surface area contributed by atoms with Crippen LogP contribution in [0.4, 0.5) is 0 Å². The zero-order valence-corrected chi connectivity index (χ0v) is 31.5. The van der Waals surface area contributed by atoms with Crippen LogP contribution in [-0.4, -0.2) is 63.3 Å². The van der Waals surface area contributed by atoms with Gasteiger partial charge in [-0.1, -0.05) is 134 Å². The summed E-state index contributed by atoms with van der Waals surface area (Å²) in [6.45, 7) is 9.53. The molecule has 0 aromatic heterocycles. The number of hydrogen-bond acceptors (Lipinski definition) is 0. The number of piperidine rings is 2. The first kappa shape index (κ1) is 34.5. The SMILES string of the molecule is Cc1ccc(-c2ccc(-c3ccc(C4(c5ccc(CCc6ccc(C7(C)CC[N+](C)(C)CC7)cc6)cc5)CC[N+](C)(C)CC4)cc3)cc2)cc1. The minimum atomic E-state index is 0.0548. The predicted octanol–water partition coefficient (Wildman–Crippen LogP) is 10.4. The molecule has 2 nitrogen and oxygen atoms in total. The number of rotatable bonds is 8. The molecule has 5 aromatic rings. The molecule has 0 N–H and O–H groups in total. The molecule has 0 atom stereocenters. The smallest absolute Gasteiger partial charge is 0.0794 e. The molecule has 0 spiro atoms. The van der Waals surface area contributed by atoms with E-state index in [9.17, 15) is 0 Å². The first-order valence-electron chi connectivity index (χ1n) is 19.0. The standard InChI is InChI=1S/C48H58N2/c1-37-7-15-40(16-8-37)41-17-19-42(20-18-41)43-21-27-46(28-22-43)48(31-35-50(5,6)36-32-48)45-25-13-39(14-26-45)10-9-38-11-23-44(24-12-38)47(2)29-33-49(3,4)34-30-47/h7-8,11-28H,9-10,29-36H2,1-6H3/q+2. The second-order valence-corrected chi connectivity index (χ2v) is 17.3. The van der Waals surface area contributed by atoms with Crippen molar-refractivity contribution in [3.63, 3.8) is 0 Å². The summed E-state index contributed by atoms with van der Waals surface area (Å²) in [6, 6.07) is 46.7. The summed E-state index contributed by atoms with van der Waals surface area (Å²) >= 11 is 0. The van der Waals surface area contributed by atoms with Crippen LogP contribution in [0.1, 0.15) is 66.0 Å². The second kappa shape index (κ2) is 13.6. The molecule has 50 heavy (non-hydrogen) atoms. The zero-order chi connectivity index (χ0) is 35.0. The molecule has 7 rings (SSSR count). The van der Waals surface area contributed by atoms with Crippen molar-refractivity contribution >= 4 is 0 Å². The van der Waals surface area contributed by atoms with Crippen LogP contribution >= 0.6 is 0 Å². The number of benzene rings is 5. The van der Waals surface area contributed by atoms with E-state index >= 15 is 0 Å². The third-order valence-corrected chi connectivity index (χ3v) is 12.7. The number of quaternary nitrogens is 2. The Kier molecular flexibility index (Phi) is 9.39. The van der Waals surface area contributed by atoms with Crippen LogP contribution in [0.15, 0.2) is 121 Å². The molecule has 0 radical (unpaired) electrons. The van der Waals surface area contributed by atoms with Gasteiger partial charge in [0.15, 0.2) is 0 Å². The highest BCUT2D eigenvalue weighted by Crippen LogP contribution is 2.44. The fraction of sp³-hybridized carbons (Fsp3) is 0.375. The summed E-state index contributed by atoms with van der Waals surface area (Å²) in [4.78, 5) is 0. The Morgan fingerprint density at radius 3 is 1.16 bits per heavy atom. The Balaban J connectivity index is 1.05. The van der Waals surface area contributed by atoms with Crippen molar-refractivity contribution in [1.29, 1.82) is 0 Å². The van der Waals surface area contributed by atoms with Gasteiger partial charge in [0.2, 0.25) is 0 Å². The van der Waals surface area contributed by atoms with Crippen molar-refractivity contribution in [3.8, 4) is 22.3 Å². The fourth-order valence-corrected chi connectivity index (χ4v) is 8.53. The van der Waals surface area contributed by atoms with E-state index in [-0.39, 0.29) is 5.41 Å². The summed E-state index contributed by atoms with van der Waals surface area (Å²) in [6.07, 6.45) is 7.06. The first-order chi connectivity index (χ1) is 23.9. The lowest BCUT2D eigenvalue weighted by atomic mass is 9.67. The molecule has 2 saturated heterocycles. The number of aryl methyl sites for hydroxylation is 3. The molecule has 258 valence electrons. The lowest BCUT2D eigenvalue weighted by Gasteiger charge is -2.45. The summed E-state index contributed by atoms with van der Waals surface area (Å²) in [5.74, 6) is 0. The van der Waals surface area contributed by atoms with E-state index in [1.807, 2.05) is 0 Å². The predicted molar refractivity (Wildman–Crippen MR) is 213 cm³/mol. The molecule has 0 bridgehead atoms. The van der Waals surface area contributed by atoms with Crippen molar-refractivity contribution in [2.24, 2.45) is 0 Å². The Bertz CT molecular complexity index is 1860. The molecular formula is C48H58N2+2. The number of hydrogen-bond donors (Lipinski definition) is 0. The van der Waals surface area contributed by atoms with Gasteiger partial charge in [-0.3, -0.25) is 0 Å². The average molecular weight is 663 g/mol. The molecule has 5 aromatic carbocycles. The Morgan fingerprint density at radius 2 is 0.740 bits per heavy atom. The van der Waals surface area contributed by atoms with Crippen molar-refractivity contribution in [1.82, 2.24) is 0 Å². The molecule has 2 heteroatoms. The van der Waals surface area contributed by atoms with Crippen LogP contribution in [0.5, 0.6) is 0 Å². The van der Waals surface area contributed by atoms with E-state index in [0.717, 1.165) is 21.8 Å². The quantitative estimate of drug-likeness (QED) is 0.145. The topological polar surface area (TPSA) is 0 Å². The lowest BCUT2D eigenvalue weighted by Crippen LogP contribution is -2.51. The van der Waals surface area contributed by atoms with Gasteiger partial charge in [0.1, 0.15) is 0 Å². The minimum absolute atomic E-state index is 0.0548. The maximum absolute atomic E-state index is 2.47. The van der Waals surface area contributed by atoms with Crippen molar-refractivity contribution in [2.45, 2.75) is 63.2 Å². The monoisotopic (exact) mass is 662 g/mol. The molecule has 2 aliphatic heterocycles. The molecule has 0 unspecified atom stereocenters. The number of nitrogens with zero attached hydrogens (tertiary/aromatic N) is 2. The van der Waals surface area contributed by atoms with Crippen molar-refractivity contribution in [3.05, 3.63) is 155 Å². The molecule has 0 amide bonds. The van der Waals surface area contributed by atoms with Gasteiger partial charge in [0.25, 0.3) is 0 Å². The van der Waals surface area contributed by atoms with E-state index < -0.39 is 0 Å². The highest BCUT2D eigenvalue weighted by atomic mass is 15.3. The van der Waals surface area contributed by atoms with Crippen LogP contribution in [0.3, 0.4) is 0 Å². The Morgan fingerprint density at radius 1 is 0.420 bits per heavy atom. The van der Waals surface area contributed by atoms with Crippen LogP contribution in [0.25, 0.3) is 22.3 Å². The van der Waals surface area contributed by atoms with Crippen LogP contribution in [0.2, 0.25) is 0 Å². The highest BCUT2D eigenvalue weighted by molar-refractivity contribution is 5.71. The minimum Gasteiger partial charge on any atom is -0.328 e. The Labute approximate surface area is 302 Å². The summed E-state index contributed by atoms with van der Waals surface area (Å²) in [7, 11) is 9.51. The maximum Gasteiger partial charge on any atom is 0.0794 e. The van der Waals surface area contributed by atoms with Crippen LogP contribution in [-0.2, 0) is 23.7 Å². The van der Waals surface area contributed by atoms with Crippen LogP contribution in [0, 0.1) is 6.92 Å². The van der Waals surface area contributed by atoms with Gasteiger partial charge in [0, 0.05) is 36.5 Å². The molecule has 2 heterocycles. The van der Waals surface area contributed by atoms with Gasteiger partial charge in [-0.05, 0) is 69.8 Å². The summed E-state index contributed by atoms with van der Waals surface area (Å²) < 4.78 is 2.25. The van der Waals surface area contributed by atoms with Crippen LogP contribution < -0.4 is 0 Å². The van der Waals surface area contributed by atoms with E-state index in [1.165, 1.54) is 107 Å².